The molecule has 2 atom stereocenters. The van der Waals surface area contributed by atoms with E-state index < -0.39 is 0 Å². The van der Waals surface area contributed by atoms with Crippen LogP contribution in [0.3, 0.4) is 0 Å². The quantitative estimate of drug-likeness (QED) is 0.781. The molecule has 6 heteroatoms. The molecule has 25 heavy (non-hydrogen) atoms. The highest BCUT2D eigenvalue weighted by molar-refractivity contribution is 5.95. The Labute approximate surface area is 146 Å². The number of hydrazine groups is 1. The standard InChI is InChI=1S/C19H22FN3O2/c1-3-25-14-9-7-13(8-10-14)17-11-18(23-22-17)19(24)21-16-6-4-5-15(20)12(16)2/h4-10,17-18,22-23H,3,11H2,1-2H3,(H,21,24). The van der Waals surface area contributed by atoms with E-state index in [1.807, 2.05) is 31.2 Å². The van der Waals surface area contributed by atoms with Gasteiger partial charge in [-0.15, -0.1) is 0 Å². The predicted octanol–water partition coefficient (Wildman–Crippen LogP) is 3.08. The molecule has 3 rings (SSSR count). The first-order valence-corrected chi connectivity index (χ1v) is 8.38. The summed E-state index contributed by atoms with van der Waals surface area (Å²) in [5.41, 5.74) is 8.16. The van der Waals surface area contributed by atoms with Crippen molar-refractivity contribution in [3.05, 3.63) is 59.4 Å². The third-order valence-corrected chi connectivity index (χ3v) is 4.34. The molecule has 3 N–H and O–H groups in total. The van der Waals surface area contributed by atoms with E-state index in [2.05, 4.69) is 16.2 Å². The first-order valence-electron chi connectivity index (χ1n) is 8.38. The lowest BCUT2D eigenvalue weighted by atomic mass is 10.0. The third-order valence-electron chi connectivity index (χ3n) is 4.34. The number of hydrogen-bond acceptors (Lipinski definition) is 4. The molecule has 0 spiro atoms. The molecule has 0 aliphatic carbocycles. The van der Waals surface area contributed by atoms with Crippen LogP contribution in [0.15, 0.2) is 42.5 Å². The highest BCUT2D eigenvalue weighted by Crippen LogP contribution is 2.25. The van der Waals surface area contributed by atoms with Gasteiger partial charge in [-0.3, -0.25) is 4.79 Å². The minimum absolute atomic E-state index is 0.0278. The summed E-state index contributed by atoms with van der Waals surface area (Å²) >= 11 is 0. The van der Waals surface area contributed by atoms with Crippen molar-refractivity contribution in [1.82, 2.24) is 10.9 Å². The van der Waals surface area contributed by atoms with Crippen LogP contribution >= 0.6 is 0 Å². The van der Waals surface area contributed by atoms with Crippen LogP contribution in [0, 0.1) is 12.7 Å². The third kappa shape index (κ3) is 3.97. The fourth-order valence-corrected chi connectivity index (χ4v) is 2.87. The van der Waals surface area contributed by atoms with Gasteiger partial charge in [0.05, 0.1) is 6.61 Å². The second kappa shape index (κ2) is 7.63. The Kier molecular flexibility index (Phi) is 5.31. The molecule has 1 saturated heterocycles. The first-order chi connectivity index (χ1) is 12.1. The fraction of sp³-hybridized carbons (Fsp3) is 0.316. The number of benzene rings is 2. The molecule has 132 valence electrons. The molecular weight excluding hydrogens is 321 g/mol. The Morgan fingerprint density at radius 1 is 1.24 bits per heavy atom. The average Bonchev–Trinajstić information content (AvgIpc) is 3.10. The molecule has 2 unspecified atom stereocenters. The maximum atomic E-state index is 13.6. The molecule has 1 heterocycles. The van der Waals surface area contributed by atoms with Crippen LogP contribution in [0.2, 0.25) is 0 Å². The zero-order valence-corrected chi connectivity index (χ0v) is 14.3. The van der Waals surface area contributed by atoms with E-state index in [1.165, 1.54) is 6.07 Å². The van der Waals surface area contributed by atoms with Gasteiger partial charge in [-0.05, 0) is 50.1 Å². The molecule has 1 amide bonds. The van der Waals surface area contributed by atoms with Crippen molar-refractivity contribution in [2.75, 3.05) is 11.9 Å². The number of anilines is 1. The van der Waals surface area contributed by atoms with Crippen LogP contribution in [0.1, 0.15) is 30.5 Å². The number of carbonyl (C=O) groups is 1. The predicted molar refractivity (Wildman–Crippen MR) is 94.8 cm³/mol. The molecule has 0 bridgehead atoms. The minimum atomic E-state index is -0.390. The highest BCUT2D eigenvalue weighted by Gasteiger charge is 2.30. The molecule has 5 nitrogen and oxygen atoms in total. The van der Waals surface area contributed by atoms with Crippen molar-refractivity contribution in [1.29, 1.82) is 0 Å². The van der Waals surface area contributed by atoms with Gasteiger partial charge in [0.1, 0.15) is 17.6 Å². The molecule has 0 radical (unpaired) electrons. The zero-order valence-electron chi connectivity index (χ0n) is 14.3. The van der Waals surface area contributed by atoms with Gasteiger partial charge < -0.3 is 10.1 Å². The number of nitrogens with one attached hydrogen (secondary N) is 3. The Bertz CT molecular complexity index is 749. The van der Waals surface area contributed by atoms with Crippen LogP contribution in [0.5, 0.6) is 5.75 Å². The van der Waals surface area contributed by atoms with Gasteiger partial charge in [0.2, 0.25) is 5.91 Å². The number of amides is 1. The number of ether oxygens (including phenoxy) is 1. The first kappa shape index (κ1) is 17.4. The summed E-state index contributed by atoms with van der Waals surface area (Å²) in [6.07, 6.45) is 0.605. The monoisotopic (exact) mass is 343 g/mol. The van der Waals surface area contributed by atoms with Crippen molar-refractivity contribution in [2.45, 2.75) is 32.4 Å². The van der Waals surface area contributed by atoms with Gasteiger partial charge >= 0.3 is 0 Å². The van der Waals surface area contributed by atoms with Crippen LogP contribution in [-0.4, -0.2) is 18.6 Å². The largest absolute Gasteiger partial charge is 0.494 e. The van der Waals surface area contributed by atoms with Gasteiger partial charge in [0, 0.05) is 17.3 Å². The lowest BCUT2D eigenvalue weighted by molar-refractivity contribution is -0.117. The van der Waals surface area contributed by atoms with E-state index in [0.717, 1.165) is 11.3 Å². The fourth-order valence-electron chi connectivity index (χ4n) is 2.87. The van der Waals surface area contributed by atoms with Gasteiger partial charge in [-0.2, -0.15) is 0 Å². The van der Waals surface area contributed by atoms with E-state index >= 15 is 0 Å². The van der Waals surface area contributed by atoms with Crippen molar-refractivity contribution in [2.24, 2.45) is 0 Å². The molecular formula is C19H22FN3O2. The van der Waals surface area contributed by atoms with Gasteiger partial charge in [0.15, 0.2) is 0 Å². The number of carbonyl (C=O) groups excluding carboxylic acids is 1. The summed E-state index contributed by atoms with van der Waals surface area (Å²) in [6, 6.07) is 12.1. The van der Waals surface area contributed by atoms with Gasteiger partial charge in [0.25, 0.3) is 0 Å². The maximum Gasteiger partial charge on any atom is 0.242 e. The molecule has 0 saturated carbocycles. The summed E-state index contributed by atoms with van der Waals surface area (Å²) in [7, 11) is 0. The zero-order chi connectivity index (χ0) is 17.8. The topological polar surface area (TPSA) is 62.4 Å². The summed E-state index contributed by atoms with van der Waals surface area (Å²) in [4.78, 5) is 12.4. The molecule has 2 aromatic rings. The number of hydrogen-bond donors (Lipinski definition) is 3. The Morgan fingerprint density at radius 2 is 2.00 bits per heavy atom. The van der Waals surface area contributed by atoms with E-state index in [9.17, 15) is 9.18 Å². The van der Waals surface area contributed by atoms with E-state index in [0.29, 0.717) is 24.3 Å². The van der Waals surface area contributed by atoms with E-state index in [-0.39, 0.29) is 23.8 Å². The van der Waals surface area contributed by atoms with Crippen LogP contribution < -0.4 is 20.9 Å². The highest BCUT2D eigenvalue weighted by atomic mass is 19.1. The Hall–Kier alpha value is -2.44. The Morgan fingerprint density at radius 3 is 2.72 bits per heavy atom. The van der Waals surface area contributed by atoms with Crippen LogP contribution in [-0.2, 0) is 4.79 Å². The van der Waals surface area contributed by atoms with Crippen molar-refractivity contribution < 1.29 is 13.9 Å². The summed E-state index contributed by atoms with van der Waals surface area (Å²) in [5.74, 6) is 0.310. The number of rotatable bonds is 5. The van der Waals surface area contributed by atoms with Crippen molar-refractivity contribution >= 4 is 11.6 Å². The van der Waals surface area contributed by atoms with Crippen LogP contribution in [0.25, 0.3) is 0 Å². The lowest BCUT2D eigenvalue weighted by Gasteiger charge is -2.13. The van der Waals surface area contributed by atoms with E-state index in [4.69, 9.17) is 4.74 Å². The van der Waals surface area contributed by atoms with Crippen molar-refractivity contribution in [3.63, 3.8) is 0 Å². The minimum Gasteiger partial charge on any atom is -0.494 e. The molecule has 2 aromatic carbocycles. The second-order valence-electron chi connectivity index (χ2n) is 6.03. The molecule has 1 aliphatic heterocycles. The molecule has 1 fully saturated rings. The SMILES string of the molecule is CCOc1ccc(C2CC(C(=O)Nc3cccc(F)c3C)NN2)cc1. The summed E-state index contributed by atoms with van der Waals surface area (Å²) in [5, 5.41) is 2.79. The maximum absolute atomic E-state index is 13.6. The van der Waals surface area contributed by atoms with Gasteiger partial charge in [-0.25, -0.2) is 15.2 Å². The average molecular weight is 343 g/mol. The lowest BCUT2D eigenvalue weighted by Crippen LogP contribution is -2.39. The summed E-state index contributed by atoms with van der Waals surface area (Å²) < 4.78 is 19.0. The molecule has 1 aliphatic rings. The summed E-state index contributed by atoms with van der Waals surface area (Å²) in [6.45, 7) is 4.22. The van der Waals surface area contributed by atoms with Crippen molar-refractivity contribution in [3.8, 4) is 5.75 Å². The number of halogens is 1. The van der Waals surface area contributed by atoms with Crippen LogP contribution in [0.4, 0.5) is 10.1 Å². The molecule has 0 aromatic heterocycles. The van der Waals surface area contributed by atoms with Gasteiger partial charge in [-0.1, -0.05) is 18.2 Å². The smallest absolute Gasteiger partial charge is 0.242 e. The van der Waals surface area contributed by atoms with E-state index in [1.54, 1.807) is 19.1 Å². The normalized spacial score (nSPS) is 19.6. The second-order valence-corrected chi connectivity index (χ2v) is 6.03. The Balaban J connectivity index is 1.62.